The molecule has 110 valence electrons. The quantitative estimate of drug-likeness (QED) is 0.624. The van der Waals surface area contributed by atoms with E-state index < -0.39 is 23.1 Å². The van der Waals surface area contributed by atoms with E-state index in [0.717, 1.165) is 16.6 Å². The molecule has 2 rings (SSSR count). The van der Waals surface area contributed by atoms with Gasteiger partial charge in [0.25, 0.3) is 0 Å². The molecule has 21 heavy (non-hydrogen) atoms. The largest absolute Gasteiger partial charge is 0.457 e. The normalized spacial score (nSPS) is 11.2. The summed E-state index contributed by atoms with van der Waals surface area (Å²) in [5.41, 5.74) is 3.85. The predicted octanol–water partition coefficient (Wildman–Crippen LogP) is 4.54. The molecule has 7 heteroatoms. The summed E-state index contributed by atoms with van der Waals surface area (Å²) in [7, 11) is 0. The minimum Gasteiger partial charge on any atom is -0.457 e. The zero-order valence-electron chi connectivity index (χ0n) is 10.5. The molecule has 0 bridgehead atoms. The summed E-state index contributed by atoms with van der Waals surface area (Å²) in [6.07, 6.45) is -4.57. The van der Waals surface area contributed by atoms with Crippen LogP contribution in [0.25, 0.3) is 0 Å². The van der Waals surface area contributed by atoms with Gasteiger partial charge in [0.1, 0.15) is 17.3 Å². The molecule has 0 unspecified atom stereocenters. The number of nitrogens with one attached hydrogen (secondary N) is 1. The highest BCUT2D eigenvalue weighted by Gasteiger charge is 2.34. The molecule has 0 atom stereocenters. The van der Waals surface area contributed by atoms with E-state index in [1.807, 2.05) is 0 Å². The van der Waals surface area contributed by atoms with Crippen molar-refractivity contribution in [2.24, 2.45) is 5.73 Å². The van der Waals surface area contributed by atoms with Crippen molar-refractivity contribution < 1.29 is 17.9 Å². The predicted molar refractivity (Wildman–Crippen MR) is 76.7 cm³/mol. The van der Waals surface area contributed by atoms with Crippen LogP contribution in [-0.2, 0) is 6.18 Å². The molecule has 2 aromatic carbocycles. The Labute approximate surface area is 127 Å². The molecule has 0 saturated carbocycles. The van der Waals surface area contributed by atoms with Crippen molar-refractivity contribution in [3.63, 3.8) is 0 Å². The fraction of sp³-hybridized carbons (Fsp3) is 0.0714. The Morgan fingerprint density at radius 1 is 1.10 bits per heavy atom. The van der Waals surface area contributed by atoms with Crippen molar-refractivity contribution in [1.29, 1.82) is 5.41 Å². The first-order valence-electron chi connectivity index (χ1n) is 5.76. The first-order chi connectivity index (χ1) is 9.77. The van der Waals surface area contributed by atoms with Crippen LogP contribution < -0.4 is 10.5 Å². The lowest BCUT2D eigenvalue weighted by Gasteiger charge is -2.14. The van der Waals surface area contributed by atoms with Crippen LogP contribution in [0.2, 0.25) is 0 Å². The zero-order valence-corrected chi connectivity index (χ0v) is 12.1. The van der Waals surface area contributed by atoms with Crippen molar-refractivity contribution >= 4 is 21.8 Å². The maximum Gasteiger partial charge on any atom is 0.417 e. The van der Waals surface area contributed by atoms with Crippen molar-refractivity contribution in [2.75, 3.05) is 0 Å². The summed E-state index contributed by atoms with van der Waals surface area (Å²) in [5, 5.41) is 7.28. The third-order valence-electron chi connectivity index (χ3n) is 2.62. The summed E-state index contributed by atoms with van der Waals surface area (Å²) in [5.74, 6) is -0.0352. The minimum atomic E-state index is -4.57. The second kappa shape index (κ2) is 5.77. The maximum absolute atomic E-state index is 12.8. The molecule has 0 amide bonds. The molecule has 3 nitrogen and oxygen atoms in total. The number of hydrogen-bond donors (Lipinski definition) is 2. The molecule has 0 aliphatic rings. The van der Waals surface area contributed by atoms with Crippen LogP contribution >= 0.6 is 15.9 Å². The SMILES string of the molecule is N=C(N)c1cc(Oc2cccc(Br)c2)ccc1C(F)(F)F. The summed E-state index contributed by atoms with van der Waals surface area (Å²) < 4.78 is 44.7. The fourth-order valence-corrected chi connectivity index (χ4v) is 2.10. The molecule has 0 saturated heterocycles. The molecule has 0 spiro atoms. The molecule has 0 aliphatic heterocycles. The van der Waals surface area contributed by atoms with Crippen LogP contribution in [0, 0.1) is 5.41 Å². The van der Waals surface area contributed by atoms with E-state index in [2.05, 4.69) is 15.9 Å². The van der Waals surface area contributed by atoms with Gasteiger partial charge in [-0.2, -0.15) is 13.2 Å². The molecule has 3 N–H and O–H groups in total. The highest BCUT2D eigenvalue weighted by molar-refractivity contribution is 9.10. The average molecular weight is 359 g/mol. The summed E-state index contributed by atoms with van der Waals surface area (Å²) >= 11 is 3.27. The molecule has 0 fully saturated rings. The van der Waals surface area contributed by atoms with Gasteiger partial charge >= 0.3 is 6.18 Å². The second-order valence-corrected chi connectivity index (χ2v) is 5.09. The van der Waals surface area contributed by atoms with Gasteiger partial charge in [-0.1, -0.05) is 22.0 Å². The first kappa shape index (κ1) is 15.4. The second-order valence-electron chi connectivity index (χ2n) is 4.18. The van der Waals surface area contributed by atoms with E-state index in [-0.39, 0.29) is 5.75 Å². The van der Waals surface area contributed by atoms with Gasteiger partial charge in [0.15, 0.2) is 0 Å². The minimum absolute atomic E-state index is 0.173. The molecule has 0 radical (unpaired) electrons. The number of ether oxygens (including phenoxy) is 1. The first-order valence-corrected chi connectivity index (χ1v) is 6.56. The van der Waals surface area contributed by atoms with Crippen molar-refractivity contribution in [3.8, 4) is 11.5 Å². The third kappa shape index (κ3) is 3.75. The molecule has 0 aliphatic carbocycles. The van der Waals surface area contributed by atoms with Crippen molar-refractivity contribution in [3.05, 3.63) is 58.1 Å². The van der Waals surface area contributed by atoms with Gasteiger partial charge in [-0.05, 0) is 36.4 Å². The van der Waals surface area contributed by atoms with E-state index in [9.17, 15) is 13.2 Å². The van der Waals surface area contributed by atoms with Gasteiger partial charge in [0, 0.05) is 10.0 Å². The highest BCUT2D eigenvalue weighted by atomic mass is 79.9. The average Bonchev–Trinajstić information content (AvgIpc) is 2.37. The van der Waals surface area contributed by atoms with Crippen molar-refractivity contribution in [1.82, 2.24) is 0 Å². The summed E-state index contributed by atoms with van der Waals surface area (Å²) in [4.78, 5) is 0. The van der Waals surface area contributed by atoms with Gasteiger partial charge in [0.2, 0.25) is 0 Å². The maximum atomic E-state index is 12.8. The monoisotopic (exact) mass is 358 g/mol. The lowest BCUT2D eigenvalue weighted by Crippen LogP contribution is -2.18. The molecule has 0 aromatic heterocycles. The van der Waals surface area contributed by atoms with Gasteiger partial charge in [-0.3, -0.25) is 5.41 Å². The Morgan fingerprint density at radius 3 is 2.33 bits per heavy atom. The Morgan fingerprint density at radius 2 is 1.76 bits per heavy atom. The molecule has 0 heterocycles. The van der Waals surface area contributed by atoms with Crippen LogP contribution in [0.15, 0.2) is 46.9 Å². The smallest absolute Gasteiger partial charge is 0.417 e. The number of amidine groups is 1. The van der Waals surface area contributed by atoms with Crippen LogP contribution in [0.3, 0.4) is 0 Å². The van der Waals surface area contributed by atoms with E-state index in [4.69, 9.17) is 15.9 Å². The number of alkyl halides is 3. The number of hydrogen-bond acceptors (Lipinski definition) is 2. The van der Waals surface area contributed by atoms with E-state index >= 15 is 0 Å². The van der Waals surface area contributed by atoms with E-state index in [0.29, 0.717) is 5.75 Å². The highest BCUT2D eigenvalue weighted by Crippen LogP contribution is 2.34. The van der Waals surface area contributed by atoms with Gasteiger partial charge < -0.3 is 10.5 Å². The number of nitrogen functional groups attached to an aromatic ring is 1. The Kier molecular flexibility index (Phi) is 4.22. The lowest BCUT2D eigenvalue weighted by molar-refractivity contribution is -0.137. The molecule has 2 aromatic rings. The lowest BCUT2D eigenvalue weighted by atomic mass is 10.1. The van der Waals surface area contributed by atoms with Crippen molar-refractivity contribution in [2.45, 2.75) is 6.18 Å². The number of rotatable bonds is 3. The molecular formula is C14H10BrF3N2O. The summed E-state index contributed by atoms with van der Waals surface area (Å²) in [6, 6.07) is 10.0. The Hall–Kier alpha value is -2.02. The zero-order chi connectivity index (χ0) is 15.6. The van der Waals surface area contributed by atoms with Gasteiger partial charge in [-0.25, -0.2) is 0 Å². The summed E-state index contributed by atoms with van der Waals surface area (Å²) in [6.45, 7) is 0. The van der Waals surface area contributed by atoms with Crippen LogP contribution in [-0.4, -0.2) is 5.84 Å². The standard InChI is InChI=1S/C14H10BrF3N2O/c15-8-2-1-3-9(6-8)21-10-4-5-12(14(16,17)18)11(7-10)13(19)20/h1-7H,(H3,19,20). The molecular weight excluding hydrogens is 349 g/mol. The number of benzene rings is 2. The topological polar surface area (TPSA) is 59.1 Å². The fourth-order valence-electron chi connectivity index (χ4n) is 1.72. The van der Waals surface area contributed by atoms with Crippen LogP contribution in [0.4, 0.5) is 13.2 Å². The number of halogens is 4. The third-order valence-corrected chi connectivity index (χ3v) is 3.11. The van der Waals surface area contributed by atoms with Gasteiger partial charge in [0.05, 0.1) is 5.56 Å². The Balaban J connectivity index is 2.39. The van der Waals surface area contributed by atoms with E-state index in [1.54, 1.807) is 24.3 Å². The Bertz CT molecular complexity index is 686. The number of nitrogens with two attached hydrogens (primary N) is 1. The van der Waals surface area contributed by atoms with Crippen LogP contribution in [0.1, 0.15) is 11.1 Å². The van der Waals surface area contributed by atoms with Crippen LogP contribution in [0.5, 0.6) is 11.5 Å². The van der Waals surface area contributed by atoms with E-state index in [1.165, 1.54) is 6.07 Å². The van der Waals surface area contributed by atoms with Gasteiger partial charge in [-0.15, -0.1) is 0 Å².